The summed E-state index contributed by atoms with van der Waals surface area (Å²) in [6.45, 7) is 13.3. The lowest BCUT2D eigenvalue weighted by molar-refractivity contribution is -0.188. The van der Waals surface area contributed by atoms with E-state index in [4.69, 9.17) is 13.9 Å². The van der Waals surface area contributed by atoms with Crippen LogP contribution in [0.25, 0.3) is 0 Å². The third-order valence-corrected chi connectivity index (χ3v) is 10.1. The number of rotatable bonds is 8. The summed E-state index contributed by atoms with van der Waals surface area (Å²) in [5.41, 5.74) is 0. The average molecular weight is 399 g/mol. The highest BCUT2D eigenvalue weighted by Crippen LogP contribution is 2.37. The fourth-order valence-corrected chi connectivity index (χ4v) is 3.79. The average Bonchev–Trinajstić information content (AvgIpc) is 3.04. The summed E-state index contributed by atoms with van der Waals surface area (Å²) in [5, 5.41) is 9.81. The second-order valence-corrected chi connectivity index (χ2v) is 13.5. The number of nitrogens with zero attached hydrogens (tertiary/aromatic N) is 2. The molecule has 7 nitrogen and oxygen atoms in total. The molecular formula is C19H34N2O5Si. The second kappa shape index (κ2) is 8.85. The van der Waals surface area contributed by atoms with Gasteiger partial charge in [-0.2, -0.15) is 0 Å². The normalized spacial score (nSPS) is 21.0. The minimum absolute atomic E-state index is 0.0164. The van der Waals surface area contributed by atoms with Gasteiger partial charge in [-0.3, -0.25) is 0 Å². The van der Waals surface area contributed by atoms with E-state index in [9.17, 15) is 9.90 Å². The molecule has 2 heterocycles. The molecule has 1 aromatic heterocycles. The van der Waals surface area contributed by atoms with E-state index in [-0.39, 0.29) is 24.0 Å². The van der Waals surface area contributed by atoms with Crippen molar-refractivity contribution in [2.24, 2.45) is 0 Å². The Balaban J connectivity index is 2.11. The van der Waals surface area contributed by atoms with Crippen molar-refractivity contribution in [3.05, 3.63) is 18.2 Å². The molecule has 27 heavy (non-hydrogen) atoms. The molecule has 1 fully saturated rings. The number of hydrogen-bond acceptors (Lipinski definition) is 5. The van der Waals surface area contributed by atoms with Gasteiger partial charge in [0.2, 0.25) is 0 Å². The van der Waals surface area contributed by atoms with Crippen molar-refractivity contribution in [1.82, 2.24) is 9.55 Å². The molecule has 0 saturated carbocycles. The Kier molecular flexibility index (Phi) is 7.24. The van der Waals surface area contributed by atoms with Crippen molar-refractivity contribution < 1.29 is 23.8 Å². The molecule has 0 bridgehead atoms. The first-order valence-electron chi connectivity index (χ1n) is 9.69. The van der Waals surface area contributed by atoms with Crippen LogP contribution in [0.2, 0.25) is 18.1 Å². The SMILES string of the molecule is CC(OC1CCCCO1)c1nccn1C(CO[Si](C)(C)C(C)(C)C)C(=O)O. The molecule has 0 aliphatic carbocycles. The van der Waals surface area contributed by atoms with Crippen LogP contribution in [0.4, 0.5) is 0 Å². The lowest BCUT2D eigenvalue weighted by atomic mass is 10.2. The third-order valence-electron chi connectivity index (χ3n) is 5.59. The number of carbonyl (C=O) groups is 1. The molecule has 3 unspecified atom stereocenters. The van der Waals surface area contributed by atoms with Crippen molar-refractivity contribution in [3.8, 4) is 0 Å². The van der Waals surface area contributed by atoms with Gasteiger partial charge in [-0.1, -0.05) is 20.8 Å². The van der Waals surface area contributed by atoms with Gasteiger partial charge < -0.3 is 23.6 Å². The van der Waals surface area contributed by atoms with Crippen LogP contribution >= 0.6 is 0 Å². The lowest BCUT2D eigenvalue weighted by Crippen LogP contribution is -2.43. The number of aromatic nitrogens is 2. The van der Waals surface area contributed by atoms with E-state index in [1.54, 1.807) is 17.0 Å². The lowest BCUT2D eigenvalue weighted by Gasteiger charge is -2.37. The van der Waals surface area contributed by atoms with E-state index in [0.29, 0.717) is 12.4 Å². The Labute approximate surface area is 163 Å². The molecule has 1 aliphatic rings. The summed E-state index contributed by atoms with van der Waals surface area (Å²) in [4.78, 5) is 16.3. The number of ether oxygens (including phenoxy) is 2. The van der Waals surface area contributed by atoms with E-state index < -0.39 is 20.3 Å². The van der Waals surface area contributed by atoms with Crippen LogP contribution in [0, 0.1) is 0 Å². The monoisotopic (exact) mass is 398 g/mol. The van der Waals surface area contributed by atoms with Crippen LogP contribution in [-0.2, 0) is 18.7 Å². The summed E-state index contributed by atoms with van der Waals surface area (Å²) in [5.74, 6) is -0.357. The smallest absolute Gasteiger partial charge is 0.329 e. The summed E-state index contributed by atoms with van der Waals surface area (Å²) in [6, 6.07) is -0.838. The quantitative estimate of drug-likeness (QED) is 0.663. The fourth-order valence-electron chi connectivity index (χ4n) is 2.78. The molecule has 0 aromatic carbocycles. The van der Waals surface area contributed by atoms with Gasteiger partial charge in [0.25, 0.3) is 0 Å². The largest absolute Gasteiger partial charge is 0.480 e. The van der Waals surface area contributed by atoms with Crippen molar-refractivity contribution in [1.29, 1.82) is 0 Å². The molecule has 1 saturated heterocycles. The molecule has 3 atom stereocenters. The summed E-state index contributed by atoms with van der Waals surface area (Å²) < 4.78 is 19.4. The maximum Gasteiger partial charge on any atom is 0.329 e. The van der Waals surface area contributed by atoms with Gasteiger partial charge in [0, 0.05) is 19.0 Å². The number of hydrogen-bond donors (Lipinski definition) is 1. The topological polar surface area (TPSA) is 82.8 Å². The Morgan fingerprint density at radius 1 is 1.44 bits per heavy atom. The van der Waals surface area contributed by atoms with Crippen molar-refractivity contribution in [2.45, 2.75) is 83.5 Å². The maximum absolute atomic E-state index is 12.0. The molecule has 8 heteroatoms. The highest BCUT2D eigenvalue weighted by Gasteiger charge is 2.39. The van der Waals surface area contributed by atoms with Crippen LogP contribution in [0.5, 0.6) is 0 Å². The zero-order valence-corrected chi connectivity index (χ0v) is 18.4. The summed E-state index contributed by atoms with van der Waals surface area (Å²) in [7, 11) is -2.05. The van der Waals surface area contributed by atoms with Crippen LogP contribution in [0.3, 0.4) is 0 Å². The number of carboxylic acid groups (broad SMARTS) is 1. The molecule has 0 radical (unpaired) electrons. The number of aliphatic carboxylic acids is 1. The van der Waals surface area contributed by atoms with Crippen LogP contribution in [0.1, 0.15) is 64.9 Å². The van der Waals surface area contributed by atoms with Crippen LogP contribution in [0.15, 0.2) is 12.4 Å². The standard InChI is InChI=1S/C19H34N2O5Si/c1-14(26-16-9-7-8-12-24-16)17-20-10-11-21(17)15(18(22)23)13-25-27(5,6)19(2,3)4/h10-11,14-16H,7-9,12-13H2,1-6H3,(H,22,23). The zero-order chi connectivity index (χ0) is 20.2. The fraction of sp³-hybridized carbons (Fsp3) is 0.789. The van der Waals surface area contributed by atoms with Gasteiger partial charge in [0.05, 0.1) is 6.61 Å². The number of imidazole rings is 1. The van der Waals surface area contributed by atoms with E-state index >= 15 is 0 Å². The predicted molar refractivity (Wildman–Crippen MR) is 105 cm³/mol. The predicted octanol–water partition coefficient (Wildman–Crippen LogP) is 4.13. The Morgan fingerprint density at radius 2 is 2.15 bits per heavy atom. The van der Waals surface area contributed by atoms with Crippen molar-refractivity contribution in [3.63, 3.8) is 0 Å². The van der Waals surface area contributed by atoms with Crippen molar-refractivity contribution >= 4 is 14.3 Å². The molecular weight excluding hydrogens is 364 g/mol. The highest BCUT2D eigenvalue weighted by molar-refractivity contribution is 6.74. The molecule has 2 rings (SSSR count). The number of carboxylic acids is 1. The molecule has 1 aliphatic heterocycles. The first-order chi connectivity index (χ1) is 12.5. The van der Waals surface area contributed by atoms with E-state index in [0.717, 1.165) is 19.3 Å². The van der Waals surface area contributed by atoms with Gasteiger partial charge in [0.1, 0.15) is 11.9 Å². The molecule has 1 N–H and O–H groups in total. The molecule has 0 spiro atoms. The molecule has 154 valence electrons. The van der Waals surface area contributed by atoms with Crippen LogP contribution < -0.4 is 0 Å². The minimum atomic E-state index is -2.05. The van der Waals surface area contributed by atoms with E-state index in [2.05, 4.69) is 38.8 Å². The Morgan fingerprint density at radius 3 is 2.70 bits per heavy atom. The minimum Gasteiger partial charge on any atom is -0.480 e. The first kappa shape index (κ1) is 22.1. The molecule has 0 amide bonds. The Bertz CT molecular complexity index is 620. The first-order valence-corrected chi connectivity index (χ1v) is 12.6. The van der Waals surface area contributed by atoms with E-state index in [1.165, 1.54) is 0 Å². The molecule has 1 aromatic rings. The van der Waals surface area contributed by atoms with Crippen LogP contribution in [-0.4, -0.2) is 48.4 Å². The Hall–Kier alpha value is -1.22. The van der Waals surface area contributed by atoms with Gasteiger partial charge in [-0.05, 0) is 44.3 Å². The summed E-state index contributed by atoms with van der Waals surface area (Å²) >= 11 is 0. The second-order valence-electron chi connectivity index (χ2n) is 8.69. The van der Waals surface area contributed by atoms with E-state index in [1.807, 2.05) is 6.92 Å². The highest BCUT2D eigenvalue weighted by atomic mass is 28.4. The van der Waals surface area contributed by atoms with Crippen molar-refractivity contribution in [2.75, 3.05) is 13.2 Å². The van der Waals surface area contributed by atoms with Gasteiger partial charge in [-0.15, -0.1) is 0 Å². The summed E-state index contributed by atoms with van der Waals surface area (Å²) in [6.07, 6.45) is 5.65. The van der Waals surface area contributed by atoms with Gasteiger partial charge in [0.15, 0.2) is 20.6 Å². The van der Waals surface area contributed by atoms with Gasteiger partial charge in [-0.25, -0.2) is 9.78 Å². The third kappa shape index (κ3) is 5.63. The zero-order valence-electron chi connectivity index (χ0n) is 17.4. The maximum atomic E-state index is 12.0. The van der Waals surface area contributed by atoms with Gasteiger partial charge >= 0.3 is 5.97 Å².